The van der Waals surface area contributed by atoms with Crippen LogP contribution in [0.3, 0.4) is 0 Å². The Morgan fingerprint density at radius 2 is 1.55 bits per heavy atom. The van der Waals surface area contributed by atoms with Crippen molar-refractivity contribution >= 4 is 26.0 Å². The lowest BCUT2D eigenvalue weighted by Gasteiger charge is -2.17. The number of hydrogen-bond acceptors (Lipinski definition) is 2. The SMILES string of the molecule is CN(Cc1ccccc1)S(=O)(=O)c1ccc(CBr)cc1. The first-order chi connectivity index (χ1) is 9.54. The summed E-state index contributed by atoms with van der Waals surface area (Å²) in [6.07, 6.45) is 0. The summed E-state index contributed by atoms with van der Waals surface area (Å²) in [6.45, 7) is 0.364. The van der Waals surface area contributed by atoms with Crippen LogP contribution >= 0.6 is 15.9 Å². The van der Waals surface area contributed by atoms with Gasteiger partial charge >= 0.3 is 0 Å². The molecule has 2 aromatic carbocycles. The molecule has 0 aliphatic rings. The van der Waals surface area contributed by atoms with Gasteiger partial charge in [-0.25, -0.2) is 8.42 Å². The third kappa shape index (κ3) is 3.48. The third-order valence-corrected chi connectivity index (χ3v) is 5.50. The Balaban J connectivity index is 2.20. The van der Waals surface area contributed by atoms with E-state index in [9.17, 15) is 8.42 Å². The molecule has 106 valence electrons. The standard InChI is InChI=1S/C15H16BrNO2S/c1-17(12-14-5-3-2-4-6-14)20(18,19)15-9-7-13(11-16)8-10-15/h2-10H,11-12H2,1H3. The molecule has 0 bridgehead atoms. The first-order valence-electron chi connectivity index (χ1n) is 6.19. The first-order valence-corrected chi connectivity index (χ1v) is 8.75. The van der Waals surface area contributed by atoms with Gasteiger partial charge in [0.2, 0.25) is 10.0 Å². The normalized spacial score (nSPS) is 11.8. The van der Waals surface area contributed by atoms with Gasteiger partial charge in [0.05, 0.1) is 4.90 Å². The van der Waals surface area contributed by atoms with E-state index in [4.69, 9.17) is 0 Å². The van der Waals surface area contributed by atoms with Crippen molar-refractivity contribution in [3.8, 4) is 0 Å². The lowest BCUT2D eigenvalue weighted by molar-refractivity contribution is 0.466. The summed E-state index contributed by atoms with van der Waals surface area (Å²) in [4.78, 5) is 0.320. The van der Waals surface area contributed by atoms with Crippen LogP contribution in [0.25, 0.3) is 0 Å². The molecule has 0 aromatic heterocycles. The van der Waals surface area contributed by atoms with E-state index in [1.54, 1.807) is 19.2 Å². The van der Waals surface area contributed by atoms with Crippen molar-refractivity contribution in [1.82, 2.24) is 4.31 Å². The highest BCUT2D eigenvalue weighted by Crippen LogP contribution is 2.18. The first kappa shape index (κ1) is 15.2. The molecule has 0 saturated heterocycles. The molecule has 0 fully saturated rings. The third-order valence-electron chi connectivity index (χ3n) is 3.03. The van der Waals surface area contributed by atoms with Crippen molar-refractivity contribution in [2.75, 3.05) is 7.05 Å². The Kier molecular flexibility index (Phi) is 4.96. The van der Waals surface area contributed by atoms with Gasteiger partial charge in [0.1, 0.15) is 0 Å². The van der Waals surface area contributed by atoms with Crippen molar-refractivity contribution < 1.29 is 8.42 Å². The second-order valence-corrected chi connectivity index (χ2v) is 7.13. The molecule has 2 rings (SSSR count). The van der Waals surface area contributed by atoms with E-state index in [0.29, 0.717) is 16.8 Å². The van der Waals surface area contributed by atoms with Crippen LogP contribution in [0.5, 0.6) is 0 Å². The van der Waals surface area contributed by atoms with Crippen LogP contribution in [-0.2, 0) is 21.9 Å². The van der Waals surface area contributed by atoms with Crippen molar-refractivity contribution in [3.05, 3.63) is 65.7 Å². The summed E-state index contributed by atoms with van der Waals surface area (Å²) in [5.74, 6) is 0. The molecule has 5 heteroatoms. The van der Waals surface area contributed by atoms with Gasteiger partial charge in [-0.3, -0.25) is 0 Å². The van der Waals surface area contributed by atoms with Crippen LogP contribution in [0.15, 0.2) is 59.5 Å². The second-order valence-electron chi connectivity index (χ2n) is 4.52. The minimum absolute atomic E-state index is 0.320. The van der Waals surface area contributed by atoms with Crippen LogP contribution in [0.2, 0.25) is 0 Å². The fraction of sp³-hybridized carbons (Fsp3) is 0.200. The molecule has 2 aromatic rings. The average molecular weight is 354 g/mol. The van der Waals surface area contributed by atoms with Gasteiger partial charge in [-0.15, -0.1) is 0 Å². The Bertz CT molecular complexity index is 654. The molecule has 0 amide bonds. The number of nitrogens with zero attached hydrogens (tertiary/aromatic N) is 1. The Labute approximate surface area is 128 Å². The van der Waals surface area contributed by atoms with Gasteiger partial charge in [0, 0.05) is 18.9 Å². The van der Waals surface area contributed by atoms with E-state index in [-0.39, 0.29) is 0 Å². The van der Waals surface area contributed by atoms with E-state index in [1.807, 2.05) is 42.5 Å². The summed E-state index contributed by atoms with van der Waals surface area (Å²) < 4.78 is 26.3. The zero-order valence-corrected chi connectivity index (χ0v) is 13.6. The summed E-state index contributed by atoms with van der Waals surface area (Å²) in [5, 5.41) is 0.715. The van der Waals surface area contributed by atoms with Gasteiger partial charge in [-0.1, -0.05) is 58.4 Å². The minimum Gasteiger partial charge on any atom is -0.207 e. The molecular weight excluding hydrogens is 338 g/mol. The van der Waals surface area contributed by atoms with Crippen LogP contribution < -0.4 is 0 Å². The number of halogens is 1. The lowest BCUT2D eigenvalue weighted by atomic mass is 10.2. The predicted molar refractivity (Wildman–Crippen MR) is 84.2 cm³/mol. The van der Waals surface area contributed by atoms with E-state index in [1.165, 1.54) is 4.31 Å². The Morgan fingerprint density at radius 3 is 2.10 bits per heavy atom. The van der Waals surface area contributed by atoms with Gasteiger partial charge in [0.15, 0.2) is 0 Å². The molecule has 0 heterocycles. The zero-order chi connectivity index (χ0) is 14.6. The van der Waals surface area contributed by atoms with Crippen molar-refractivity contribution in [1.29, 1.82) is 0 Å². The fourth-order valence-electron chi connectivity index (χ4n) is 1.86. The maximum absolute atomic E-state index is 12.5. The molecule has 3 nitrogen and oxygen atoms in total. The molecule has 0 spiro atoms. The molecular formula is C15H16BrNO2S. The van der Waals surface area contributed by atoms with Gasteiger partial charge in [-0.05, 0) is 23.3 Å². The lowest BCUT2D eigenvalue weighted by Crippen LogP contribution is -2.26. The number of rotatable bonds is 5. The van der Waals surface area contributed by atoms with Gasteiger partial charge < -0.3 is 0 Å². The van der Waals surface area contributed by atoms with Crippen molar-refractivity contribution in [2.45, 2.75) is 16.8 Å². The van der Waals surface area contributed by atoms with E-state index < -0.39 is 10.0 Å². The molecule has 0 unspecified atom stereocenters. The quantitative estimate of drug-likeness (QED) is 0.772. The number of alkyl halides is 1. The topological polar surface area (TPSA) is 37.4 Å². The van der Waals surface area contributed by atoms with Crippen LogP contribution in [0.1, 0.15) is 11.1 Å². The summed E-state index contributed by atoms with van der Waals surface area (Å²) in [5.41, 5.74) is 2.02. The van der Waals surface area contributed by atoms with Crippen molar-refractivity contribution in [2.24, 2.45) is 0 Å². The monoisotopic (exact) mass is 353 g/mol. The highest BCUT2D eigenvalue weighted by atomic mass is 79.9. The molecule has 20 heavy (non-hydrogen) atoms. The molecule has 0 atom stereocenters. The van der Waals surface area contributed by atoms with Crippen LogP contribution in [0, 0.1) is 0 Å². The predicted octanol–water partition coefficient (Wildman–Crippen LogP) is 3.40. The Hall–Kier alpha value is -1.17. The summed E-state index contributed by atoms with van der Waals surface area (Å²) >= 11 is 3.35. The molecule has 0 saturated carbocycles. The fourth-order valence-corrected chi connectivity index (χ4v) is 3.39. The van der Waals surface area contributed by atoms with Crippen molar-refractivity contribution in [3.63, 3.8) is 0 Å². The number of benzene rings is 2. The smallest absolute Gasteiger partial charge is 0.207 e. The Morgan fingerprint density at radius 1 is 0.950 bits per heavy atom. The van der Waals surface area contributed by atoms with E-state index in [0.717, 1.165) is 11.1 Å². The van der Waals surface area contributed by atoms with E-state index >= 15 is 0 Å². The second kappa shape index (κ2) is 6.52. The van der Waals surface area contributed by atoms with Gasteiger partial charge in [-0.2, -0.15) is 4.31 Å². The number of hydrogen-bond donors (Lipinski definition) is 0. The molecule has 0 radical (unpaired) electrons. The maximum atomic E-state index is 12.5. The molecule has 0 aliphatic heterocycles. The summed E-state index contributed by atoms with van der Waals surface area (Å²) in [7, 11) is -1.85. The highest BCUT2D eigenvalue weighted by molar-refractivity contribution is 9.08. The van der Waals surface area contributed by atoms with Crippen LogP contribution in [0.4, 0.5) is 0 Å². The largest absolute Gasteiger partial charge is 0.243 e. The number of sulfonamides is 1. The van der Waals surface area contributed by atoms with E-state index in [2.05, 4.69) is 15.9 Å². The van der Waals surface area contributed by atoms with Gasteiger partial charge in [0.25, 0.3) is 0 Å². The summed E-state index contributed by atoms with van der Waals surface area (Å²) in [6, 6.07) is 16.5. The highest BCUT2D eigenvalue weighted by Gasteiger charge is 2.20. The van der Waals surface area contributed by atoms with Crippen LogP contribution in [-0.4, -0.2) is 19.8 Å². The maximum Gasteiger partial charge on any atom is 0.243 e. The molecule has 0 N–H and O–H groups in total. The minimum atomic E-state index is -3.44. The zero-order valence-electron chi connectivity index (χ0n) is 11.2. The average Bonchev–Trinajstić information content (AvgIpc) is 2.48. The molecule has 0 aliphatic carbocycles.